The molecule has 4 aliphatic carbocycles. The van der Waals surface area contributed by atoms with Crippen LogP contribution in [-0.2, 0) is 12.0 Å². The minimum atomic E-state index is 0.403. The first-order chi connectivity index (χ1) is 9.27. The van der Waals surface area contributed by atoms with E-state index >= 15 is 0 Å². The molecule has 0 aliphatic heterocycles. The molecule has 0 atom stereocenters. The van der Waals surface area contributed by atoms with Crippen molar-refractivity contribution < 1.29 is 0 Å². The van der Waals surface area contributed by atoms with Gasteiger partial charge in [0.05, 0.1) is 12.2 Å². The maximum Gasteiger partial charge on any atom is 0.142 e. The Morgan fingerprint density at radius 1 is 1.16 bits per heavy atom. The maximum absolute atomic E-state index is 4.88. The summed E-state index contributed by atoms with van der Waals surface area (Å²) in [6.45, 7) is 0.778. The molecule has 4 fully saturated rings. The Bertz CT molecular complexity index is 447. The van der Waals surface area contributed by atoms with Crippen LogP contribution in [0.5, 0.6) is 0 Å². The Hall–Kier alpha value is -0.960. The molecule has 19 heavy (non-hydrogen) atoms. The third-order valence-electron chi connectivity index (χ3n) is 5.62. The molecule has 1 N–H and O–H groups in total. The van der Waals surface area contributed by atoms with Crippen molar-refractivity contribution in [2.24, 2.45) is 17.8 Å². The molecule has 4 saturated carbocycles. The Balaban J connectivity index is 1.69. The van der Waals surface area contributed by atoms with Gasteiger partial charge in [-0.1, -0.05) is 0 Å². The van der Waals surface area contributed by atoms with Gasteiger partial charge in [0.1, 0.15) is 5.82 Å². The van der Waals surface area contributed by atoms with Gasteiger partial charge >= 0.3 is 0 Å². The van der Waals surface area contributed by atoms with E-state index in [1.807, 2.05) is 13.2 Å². The zero-order chi connectivity index (χ0) is 12.9. The van der Waals surface area contributed by atoms with Crippen LogP contribution in [-0.4, -0.2) is 17.0 Å². The van der Waals surface area contributed by atoms with Gasteiger partial charge in [0.25, 0.3) is 0 Å². The first kappa shape index (κ1) is 11.8. The first-order valence-electron chi connectivity index (χ1n) is 7.74. The number of aromatic nitrogens is 2. The normalized spacial score (nSPS) is 39.7. The lowest BCUT2D eigenvalue weighted by atomic mass is 9.49. The standard InChI is InChI=1S/C16H23N3/c1-17-10-15-18-3-2-14(19-15)16-7-11-4-12(8-16)6-13(5-11)9-16/h2-3,11-13,17H,4-10H2,1H3. The zero-order valence-electron chi connectivity index (χ0n) is 11.7. The van der Waals surface area contributed by atoms with E-state index in [0.29, 0.717) is 5.41 Å². The van der Waals surface area contributed by atoms with Gasteiger partial charge in [-0.15, -0.1) is 0 Å². The molecule has 0 saturated heterocycles. The molecular weight excluding hydrogens is 234 g/mol. The SMILES string of the molecule is CNCc1nccc(C23CC4CC(CC(C4)C2)C3)n1. The van der Waals surface area contributed by atoms with Crippen molar-refractivity contribution in [2.45, 2.75) is 50.5 Å². The highest BCUT2D eigenvalue weighted by molar-refractivity contribution is 5.22. The lowest BCUT2D eigenvalue weighted by Crippen LogP contribution is -2.49. The molecule has 0 aromatic carbocycles. The average Bonchev–Trinajstić information content (AvgIpc) is 2.38. The Morgan fingerprint density at radius 3 is 2.37 bits per heavy atom. The Labute approximate surface area is 115 Å². The van der Waals surface area contributed by atoms with Crippen LogP contribution in [0.25, 0.3) is 0 Å². The summed E-state index contributed by atoms with van der Waals surface area (Å²) in [5.41, 5.74) is 1.74. The van der Waals surface area contributed by atoms with E-state index in [0.717, 1.165) is 30.1 Å². The lowest BCUT2D eigenvalue weighted by Gasteiger charge is -2.56. The second-order valence-electron chi connectivity index (χ2n) is 7.09. The molecule has 3 nitrogen and oxygen atoms in total. The molecule has 0 radical (unpaired) electrons. The molecule has 1 aromatic rings. The van der Waals surface area contributed by atoms with Crippen LogP contribution in [0.2, 0.25) is 0 Å². The van der Waals surface area contributed by atoms with Crippen LogP contribution in [0.1, 0.15) is 50.0 Å². The number of nitrogens with zero attached hydrogens (tertiary/aromatic N) is 2. The van der Waals surface area contributed by atoms with Crippen molar-refractivity contribution in [1.29, 1.82) is 0 Å². The van der Waals surface area contributed by atoms with E-state index in [2.05, 4.69) is 16.4 Å². The van der Waals surface area contributed by atoms with E-state index in [-0.39, 0.29) is 0 Å². The Morgan fingerprint density at radius 2 is 1.79 bits per heavy atom. The number of rotatable bonds is 3. The van der Waals surface area contributed by atoms with Crippen molar-refractivity contribution in [3.63, 3.8) is 0 Å². The molecule has 4 aliphatic rings. The third-order valence-corrected chi connectivity index (χ3v) is 5.62. The van der Waals surface area contributed by atoms with E-state index in [1.54, 1.807) is 0 Å². The fourth-order valence-corrected chi connectivity index (χ4v) is 5.36. The van der Waals surface area contributed by atoms with Crippen LogP contribution in [0.3, 0.4) is 0 Å². The van der Waals surface area contributed by atoms with Gasteiger partial charge in [-0.25, -0.2) is 9.97 Å². The predicted molar refractivity (Wildman–Crippen MR) is 74.6 cm³/mol. The summed E-state index contributed by atoms with van der Waals surface area (Å²) in [6.07, 6.45) is 10.6. The van der Waals surface area contributed by atoms with E-state index in [9.17, 15) is 0 Å². The summed E-state index contributed by atoms with van der Waals surface area (Å²) in [4.78, 5) is 9.26. The van der Waals surface area contributed by atoms with Crippen molar-refractivity contribution in [1.82, 2.24) is 15.3 Å². The van der Waals surface area contributed by atoms with Gasteiger partial charge in [0.2, 0.25) is 0 Å². The second kappa shape index (κ2) is 4.27. The fraction of sp³-hybridized carbons (Fsp3) is 0.750. The zero-order valence-corrected chi connectivity index (χ0v) is 11.7. The molecule has 0 unspecified atom stereocenters. The lowest BCUT2D eigenvalue weighted by molar-refractivity contribution is -0.00736. The molecule has 1 heterocycles. The molecule has 0 spiro atoms. The van der Waals surface area contributed by atoms with Crippen LogP contribution in [0.4, 0.5) is 0 Å². The minimum absolute atomic E-state index is 0.403. The summed E-state index contributed by atoms with van der Waals surface area (Å²) in [5, 5.41) is 3.16. The van der Waals surface area contributed by atoms with Crippen LogP contribution >= 0.6 is 0 Å². The van der Waals surface area contributed by atoms with Gasteiger partial charge < -0.3 is 5.32 Å². The highest BCUT2D eigenvalue weighted by Crippen LogP contribution is 2.60. The number of hydrogen-bond acceptors (Lipinski definition) is 3. The minimum Gasteiger partial charge on any atom is -0.313 e. The van der Waals surface area contributed by atoms with Crippen molar-refractivity contribution >= 4 is 0 Å². The van der Waals surface area contributed by atoms with Crippen LogP contribution < -0.4 is 5.32 Å². The monoisotopic (exact) mass is 257 g/mol. The summed E-state index contributed by atoms with van der Waals surface area (Å²) >= 11 is 0. The maximum atomic E-state index is 4.88. The predicted octanol–water partition coefficient (Wildman–Crippen LogP) is 2.66. The first-order valence-corrected chi connectivity index (χ1v) is 7.74. The molecule has 3 heteroatoms. The van der Waals surface area contributed by atoms with Gasteiger partial charge in [-0.2, -0.15) is 0 Å². The summed E-state index contributed by atoms with van der Waals surface area (Å²) in [5.74, 6) is 3.90. The highest BCUT2D eigenvalue weighted by Gasteiger charge is 2.52. The van der Waals surface area contributed by atoms with Crippen molar-refractivity contribution in [3.8, 4) is 0 Å². The molecular formula is C16H23N3. The molecule has 4 bridgehead atoms. The van der Waals surface area contributed by atoms with Crippen molar-refractivity contribution in [2.75, 3.05) is 7.05 Å². The van der Waals surface area contributed by atoms with Crippen LogP contribution in [0.15, 0.2) is 12.3 Å². The summed E-state index contributed by atoms with van der Waals surface area (Å²) in [6, 6.07) is 2.19. The smallest absolute Gasteiger partial charge is 0.142 e. The van der Waals surface area contributed by atoms with Gasteiger partial charge in [-0.3, -0.25) is 0 Å². The van der Waals surface area contributed by atoms with E-state index in [1.165, 1.54) is 44.2 Å². The van der Waals surface area contributed by atoms with Gasteiger partial charge in [0, 0.05) is 11.6 Å². The topological polar surface area (TPSA) is 37.8 Å². The van der Waals surface area contributed by atoms with Gasteiger partial charge in [-0.05, 0) is 69.4 Å². The number of nitrogens with one attached hydrogen (secondary N) is 1. The van der Waals surface area contributed by atoms with Crippen LogP contribution in [0, 0.1) is 17.8 Å². The quantitative estimate of drug-likeness (QED) is 0.904. The molecule has 5 rings (SSSR count). The highest BCUT2D eigenvalue weighted by atomic mass is 15.0. The molecule has 102 valence electrons. The van der Waals surface area contributed by atoms with E-state index < -0.39 is 0 Å². The summed E-state index contributed by atoms with van der Waals surface area (Å²) in [7, 11) is 1.96. The van der Waals surface area contributed by atoms with Gasteiger partial charge in [0.15, 0.2) is 0 Å². The average molecular weight is 257 g/mol. The largest absolute Gasteiger partial charge is 0.313 e. The van der Waals surface area contributed by atoms with E-state index in [4.69, 9.17) is 4.98 Å². The number of hydrogen-bond donors (Lipinski definition) is 1. The summed E-state index contributed by atoms with van der Waals surface area (Å²) < 4.78 is 0. The fourth-order valence-electron chi connectivity index (χ4n) is 5.36. The Kier molecular flexibility index (Phi) is 2.66. The van der Waals surface area contributed by atoms with Crippen molar-refractivity contribution in [3.05, 3.63) is 23.8 Å². The second-order valence-corrected chi connectivity index (χ2v) is 7.09. The third kappa shape index (κ3) is 1.90. The molecule has 0 amide bonds. The molecule has 1 aromatic heterocycles.